The van der Waals surface area contributed by atoms with Gasteiger partial charge in [-0.3, -0.25) is 9.36 Å². The van der Waals surface area contributed by atoms with Gasteiger partial charge in [0.15, 0.2) is 0 Å². The van der Waals surface area contributed by atoms with Crippen LogP contribution in [-0.2, 0) is 22.7 Å². The van der Waals surface area contributed by atoms with E-state index in [1.54, 1.807) is 13.8 Å². The van der Waals surface area contributed by atoms with Crippen molar-refractivity contribution in [3.8, 4) is 0 Å². The number of pyridine rings is 1. The number of nitrogens with one attached hydrogen (secondary N) is 1. The Hall–Kier alpha value is -0.890. The fourth-order valence-corrected chi connectivity index (χ4v) is 5.27. The second-order valence-corrected chi connectivity index (χ2v) is 9.56. The average molecular weight is 414 g/mol. The van der Waals surface area contributed by atoms with E-state index >= 15 is 0 Å². The summed E-state index contributed by atoms with van der Waals surface area (Å²) in [5.74, 6) is 0. The standard InChI is InChI=1S/C13H14Cl2NO6PS/c1-3-21-23(18,22-4-2)11-5-8-6-12(24(15,19)20)9(14)7-10(8)16-13(11)17/h5-7H,3-4H2,1-2H3,(H,16,17). The SMILES string of the molecule is CCOP(=O)(OCC)c1cc2cc(S(=O)(=O)Cl)c(Cl)cc2[nH]c1=O. The molecular formula is C13H14Cl2NO6PS. The number of H-pyrrole nitrogens is 1. The number of fused-ring (bicyclic) bond motifs is 1. The molecule has 132 valence electrons. The predicted octanol–water partition coefficient (Wildman–Crippen LogP) is 3.00. The average Bonchev–Trinajstić information content (AvgIpc) is 2.45. The molecular weight excluding hydrogens is 400 g/mol. The van der Waals surface area contributed by atoms with Gasteiger partial charge in [0.1, 0.15) is 10.2 Å². The fraction of sp³-hybridized carbons (Fsp3) is 0.308. The van der Waals surface area contributed by atoms with Gasteiger partial charge in [-0.05, 0) is 32.0 Å². The normalized spacial score (nSPS) is 12.7. The molecule has 0 aliphatic heterocycles. The van der Waals surface area contributed by atoms with Gasteiger partial charge in [-0.2, -0.15) is 0 Å². The van der Waals surface area contributed by atoms with E-state index in [0.29, 0.717) is 0 Å². The first-order valence-electron chi connectivity index (χ1n) is 6.83. The van der Waals surface area contributed by atoms with Crippen molar-refractivity contribution in [3.63, 3.8) is 0 Å². The third-order valence-corrected chi connectivity index (χ3v) is 6.94. The number of halogens is 2. The zero-order chi connectivity index (χ0) is 18.1. The van der Waals surface area contributed by atoms with Crippen molar-refractivity contribution in [2.24, 2.45) is 0 Å². The summed E-state index contributed by atoms with van der Waals surface area (Å²) in [4.78, 5) is 14.4. The first kappa shape index (κ1) is 19.4. The fourth-order valence-electron chi connectivity index (χ4n) is 2.10. The highest BCUT2D eigenvalue weighted by Gasteiger charge is 2.30. The number of benzene rings is 1. The molecule has 0 atom stereocenters. The molecule has 7 nitrogen and oxygen atoms in total. The van der Waals surface area contributed by atoms with Gasteiger partial charge in [0, 0.05) is 21.6 Å². The van der Waals surface area contributed by atoms with Crippen LogP contribution in [0.25, 0.3) is 10.9 Å². The molecule has 0 saturated heterocycles. The van der Waals surface area contributed by atoms with Crippen molar-refractivity contribution in [1.29, 1.82) is 0 Å². The molecule has 0 spiro atoms. The monoisotopic (exact) mass is 413 g/mol. The summed E-state index contributed by atoms with van der Waals surface area (Å²) < 4.78 is 46.2. The van der Waals surface area contributed by atoms with Crippen LogP contribution >= 0.6 is 29.9 Å². The molecule has 0 aliphatic rings. The molecule has 0 radical (unpaired) electrons. The Morgan fingerprint density at radius 3 is 2.25 bits per heavy atom. The van der Waals surface area contributed by atoms with E-state index in [4.69, 9.17) is 31.3 Å². The third-order valence-electron chi connectivity index (χ3n) is 3.03. The zero-order valence-electron chi connectivity index (χ0n) is 12.7. The highest BCUT2D eigenvalue weighted by Crippen LogP contribution is 2.46. The van der Waals surface area contributed by atoms with Crippen molar-refractivity contribution >= 4 is 55.1 Å². The molecule has 24 heavy (non-hydrogen) atoms. The van der Waals surface area contributed by atoms with E-state index in [-0.39, 0.29) is 39.3 Å². The highest BCUT2D eigenvalue weighted by atomic mass is 35.7. The quantitative estimate of drug-likeness (QED) is 0.576. The third kappa shape index (κ3) is 3.85. The Labute approximate surface area is 147 Å². The van der Waals surface area contributed by atoms with Crippen LogP contribution in [-0.4, -0.2) is 26.6 Å². The summed E-state index contributed by atoms with van der Waals surface area (Å²) in [6.45, 7) is 3.35. The molecule has 0 aliphatic carbocycles. The van der Waals surface area contributed by atoms with E-state index in [2.05, 4.69) is 4.98 Å². The lowest BCUT2D eigenvalue weighted by Gasteiger charge is -2.16. The van der Waals surface area contributed by atoms with E-state index in [9.17, 15) is 17.8 Å². The minimum absolute atomic E-state index is 0.0662. The summed E-state index contributed by atoms with van der Waals surface area (Å²) in [5.41, 5.74) is -0.414. The van der Waals surface area contributed by atoms with Crippen molar-refractivity contribution in [2.75, 3.05) is 13.2 Å². The lowest BCUT2D eigenvalue weighted by Crippen LogP contribution is -2.29. The molecule has 2 rings (SSSR count). The minimum atomic E-state index is -4.09. The Kier molecular flexibility index (Phi) is 5.79. The maximum atomic E-state index is 12.8. The van der Waals surface area contributed by atoms with Crippen molar-refractivity contribution in [2.45, 2.75) is 18.7 Å². The summed E-state index contributed by atoms with van der Waals surface area (Å²) in [7, 11) is -2.59. The van der Waals surface area contributed by atoms with Crippen LogP contribution in [0.4, 0.5) is 0 Å². The molecule has 0 saturated carbocycles. The summed E-state index contributed by atoms with van der Waals surface area (Å²) >= 11 is 5.88. The minimum Gasteiger partial charge on any atom is -0.321 e. The molecule has 0 amide bonds. The van der Waals surface area contributed by atoms with Gasteiger partial charge in [0.25, 0.3) is 14.6 Å². The Bertz CT molecular complexity index is 978. The van der Waals surface area contributed by atoms with Crippen molar-refractivity contribution in [1.82, 2.24) is 4.98 Å². The van der Waals surface area contributed by atoms with E-state index in [1.165, 1.54) is 18.2 Å². The number of hydrogen-bond acceptors (Lipinski definition) is 6. The van der Waals surface area contributed by atoms with Gasteiger partial charge in [-0.25, -0.2) is 8.42 Å². The molecule has 1 aromatic carbocycles. The van der Waals surface area contributed by atoms with Gasteiger partial charge in [-0.15, -0.1) is 0 Å². The van der Waals surface area contributed by atoms with Gasteiger partial charge in [0.2, 0.25) is 0 Å². The van der Waals surface area contributed by atoms with Crippen LogP contribution in [0.2, 0.25) is 5.02 Å². The Morgan fingerprint density at radius 1 is 1.17 bits per heavy atom. The molecule has 0 bridgehead atoms. The maximum Gasteiger partial charge on any atom is 0.366 e. The van der Waals surface area contributed by atoms with Crippen LogP contribution in [0.3, 0.4) is 0 Å². The van der Waals surface area contributed by atoms with Crippen LogP contribution < -0.4 is 10.9 Å². The lowest BCUT2D eigenvalue weighted by molar-refractivity contribution is 0.229. The smallest absolute Gasteiger partial charge is 0.321 e. The maximum absolute atomic E-state index is 12.8. The Balaban J connectivity index is 2.78. The molecule has 1 N–H and O–H groups in total. The van der Waals surface area contributed by atoms with Crippen LogP contribution in [0.1, 0.15) is 13.8 Å². The number of rotatable bonds is 6. The van der Waals surface area contributed by atoms with Crippen LogP contribution in [0.5, 0.6) is 0 Å². The van der Waals surface area contributed by atoms with E-state index < -0.39 is 22.2 Å². The molecule has 2 aromatic rings. The zero-order valence-corrected chi connectivity index (χ0v) is 15.9. The second-order valence-electron chi connectivity index (χ2n) is 4.62. The molecule has 11 heteroatoms. The second kappa shape index (κ2) is 7.15. The summed E-state index contributed by atoms with van der Waals surface area (Å²) in [6.07, 6.45) is 0. The van der Waals surface area contributed by atoms with Crippen LogP contribution in [0.15, 0.2) is 27.9 Å². The number of hydrogen-bond donors (Lipinski definition) is 1. The number of aromatic nitrogens is 1. The predicted molar refractivity (Wildman–Crippen MR) is 93.1 cm³/mol. The van der Waals surface area contributed by atoms with Crippen molar-refractivity contribution in [3.05, 3.63) is 33.6 Å². The van der Waals surface area contributed by atoms with E-state index in [0.717, 1.165) is 0 Å². The lowest BCUT2D eigenvalue weighted by atomic mass is 10.2. The van der Waals surface area contributed by atoms with Gasteiger partial charge >= 0.3 is 7.60 Å². The largest absolute Gasteiger partial charge is 0.366 e. The van der Waals surface area contributed by atoms with Gasteiger partial charge < -0.3 is 14.0 Å². The molecule has 1 heterocycles. The van der Waals surface area contributed by atoms with E-state index in [1.807, 2.05) is 0 Å². The first-order chi connectivity index (χ1) is 11.1. The first-order valence-corrected chi connectivity index (χ1v) is 11.1. The molecule has 1 aromatic heterocycles. The van der Waals surface area contributed by atoms with Gasteiger partial charge in [0.05, 0.1) is 18.2 Å². The topological polar surface area (TPSA) is 103 Å². The summed E-state index contributed by atoms with van der Waals surface area (Å²) in [5, 5.41) is -0.0921. The summed E-state index contributed by atoms with van der Waals surface area (Å²) in [6, 6.07) is 3.69. The highest BCUT2D eigenvalue weighted by molar-refractivity contribution is 8.13. The number of aromatic amines is 1. The van der Waals surface area contributed by atoms with Gasteiger partial charge in [-0.1, -0.05) is 11.6 Å². The molecule has 0 fully saturated rings. The van der Waals surface area contributed by atoms with Crippen LogP contribution in [0, 0.1) is 0 Å². The Morgan fingerprint density at radius 2 is 1.75 bits per heavy atom. The van der Waals surface area contributed by atoms with Crippen molar-refractivity contribution < 1.29 is 22.0 Å². The molecule has 0 unspecified atom stereocenters.